The van der Waals surface area contributed by atoms with Gasteiger partial charge in [0.15, 0.2) is 0 Å². The fourth-order valence-corrected chi connectivity index (χ4v) is 2.23. The van der Waals surface area contributed by atoms with Crippen LogP contribution in [0.5, 0.6) is 0 Å². The van der Waals surface area contributed by atoms with Gasteiger partial charge in [-0.15, -0.1) is 0 Å². The van der Waals surface area contributed by atoms with Gasteiger partial charge < -0.3 is 5.32 Å². The van der Waals surface area contributed by atoms with E-state index in [1.54, 1.807) is 6.07 Å². The Hall–Kier alpha value is -2.20. The number of carbonyl (C=O) groups is 1. The molecule has 0 bridgehead atoms. The van der Waals surface area contributed by atoms with E-state index in [-0.39, 0.29) is 17.8 Å². The molecule has 0 aliphatic carbocycles. The molecule has 0 radical (unpaired) electrons. The van der Waals surface area contributed by atoms with Crippen molar-refractivity contribution in [1.29, 1.82) is 0 Å². The van der Waals surface area contributed by atoms with Crippen LogP contribution < -0.4 is 5.32 Å². The van der Waals surface area contributed by atoms with Crippen LogP contribution in [0.3, 0.4) is 0 Å². The Kier molecular flexibility index (Phi) is 5.28. The first kappa shape index (κ1) is 16.2. The molecule has 2 aromatic carbocycles. The highest BCUT2D eigenvalue weighted by Crippen LogP contribution is 2.12. The zero-order valence-electron chi connectivity index (χ0n) is 13.1. The van der Waals surface area contributed by atoms with E-state index in [1.165, 1.54) is 12.1 Å². The van der Waals surface area contributed by atoms with Gasteiger partial charge in [-0.1, -0.05) is 24.3 Å². The summed E-state index contributed by atoms with van der Waals surface area (Å²) in [6.07, 6.45) is 0. The summed E-state index contributed by atoms with van der Waals surface area (Å²) in [5.41, 5.74) is 2.73. The van der Waals surface area contributed by atoms with Gasteiger partial charge in [0.1, 0.15) is 5.82 Å². The van der Waals surface area contributed by atoms with Crippen LogP contribution in [0.4, 0.5) is 10.1 Å². The van der Waals surface area contributed by atoms with Crippen molar-refractivity contribution in [3.63, 3.8) is 0 Å². The monoisotopic (exact) mass is 300 g/mol. The number of nitrogens with zero attached hydrogens (tertiary/aromatic N) is 1. The Labute approximate surface area is 130 Å². The molecule has 0 unspecified atom stereocenters. The third-order valence-corrected chi connectivity index (χ3v) is 3.65. The number of aryl methyl sites for hydroxylation is 1. The number of hydrogen-bond donors (Lipinski definition) is 1. The van der Waals surface area contributed by atoms with Crippen molar-refractivity contribution in [3.8, 4) is 0 Å². The summed E-state index contributed by atoms with van der Waals surface area (Å²) in [4.78, 5) is 14.2. The number of benzene rings is 2. The molecular formula is C18H21FN2O. The van der Waals surface area contributed by atoms with Crippen LogP contribution in [0, 0.1) is 12.7 Å². The second-order valence-electron chi connectivity index (χ2n) is 5.58. The maximum Gasteiger partial charge on any atom is 0.241 e. The summed E-state index contributed by atoms with van der Waals surface area (Å²) < 4.78 is 13.2. The molecular weight excluding hydrogens is 279 g/mol. The molecule has 0 aromatic heterocycles. The molecule has 0 spiro atoms. The lowest BCUT2D eigenvalue weighted by molar-refractivity contribution is -0.120. The SMILES string of the molecule is Cc1cccc(NC(=O)[C@@H](C)N(C)Cc2cccc(F)c2)c1. The molecule has 0 saturated heterocycles. The second kappa shape index (κ2) is 7.18. The van der Waals surface area contributed by atoms with E-state index >= 15 is 0 Å². The average molecular weight is 300 g/mol. The van der Waals surface area contributed by atoms with Crippen LogP contribution in [0.25, 0.3) is 0 Å². The van der Waals surface area contributed by atoms with Crippen LogP contribution in [0.1, 0.15) is 18.1 Å². The molecule has 0 aliphatic heterocycles. The first-order chi connectivity index (χ1) is 10.5. The first-order valence-corrected chi connectivity index (χ1v) is 7.28. The topological polar surface area (TPSA) is 32.3 Å². The van der Waals surface area contributed by atoms with Crippen LogP contribution >= 0.6 is 0 Å². The molecule has 0 aliphatic rings. The lowest BCUT2D eigenvalue weighted by Crippen LogP contribution is -2.39. The summed E-state index contributed by atoms with van der Waals surface area (Å²) >= 11 is 0. The zero-order chi connectivity index (χ0) is 16.1. The standard InChI is InChI=1S/C18H21FN2O/c1-13-6-4-9-17(10-13)20-18(22)14(2)21(3)12-15-7-5-8-16(19)11-15/h4-11,14H,12H2,1-3H3,(H,20,22)/t14-/m1/s1. The van der Waals surface area contributed by atoms with Crippen molar-refractivity contribution < 1.29 is 9.18 Å². The van der Waals surface area contributed by atoms with Crippen molar-refractivity contribution in [3.05, 3.63) is 65.5 Å². The van der Waals surface area contributed by atoms with Gasteiger partial charge in [-0.3, -0.25) is 9.69 Å². The largest absolute Gasteiger partial charge is 0.325 e. The van der Waals surface area contributed by atoms with Gasteiger partial charge in [-0.25, -0.2) is 4.39 Å². The van der Waals surface area contributed by atoms with Gasteiger partial charge in [0, 0.05) is 12.2 Å². The number of likely N-dealkylation sites (N-methyl/N-ethyl adjacent to an activating group) is 1. The summed E-state index contributed by atoms with van der Waals surface area (Å²) in [7, 11) is 1.85. The Morgan fingerprint density at radius 1 is 1.23 bits per heavy atom. The fraction of sp³-hybridized carbons (Fsp3) is 0.278. The predicted molar refractivity (Wildman–Crippen MR) is 87.1 cm³/mol. The second-order valence-corrected chi connectivity index (χ2v) is 5.58. The lowest BCUT2D eigenvalue weighted by atomic mass is 10.1. The fourth-order valence-electron chi connectivity index (χ4n) is 2.23. The van der Waals surface area contributed by atoms with E-state index in [0.29, 0.717) is 6.54 Å². The molecule has 116 valence electrons. The maximum absolute atomic E-state index is 13.2. The van der Waals surface area contributed by atoms with Gasteiger partial charge >= 0.3 is 0 Å². The van der Waals surface area contributed by atoms with Gasteiger partial charge in [0.2, 0.25) is 5.91 Å². The minimum atomic E-state index is -0.316. The van der Waals surface area contributed by atoms with Gasteiger partial charge in [-0.05, 0) is 56.3 Å². The number of hydrogen-bond acceptors (Lipinski definition) is 2. The normalized spacial score (nSPS) is 12.2. The van der Waals surface area contributed by atoms with Gasteiger partial charge in [0.25, 0.3) is 0 Å². The molecule has 3 nitrogen and oxygen atoms in total. The van der Waals surface area contributed by atoms with E-state index in [0.717, 1.165) is 16.8 Å². The minimum Gasteiger partial charge on any atom is -0.325 e. The summed E-state index contributed by atoms with van der Waals surface area (Å²) in [5, 5.41) is 2.91. The molecule has 1 N–H and O–H groups in total. The third kappa shape index (κ3) is 4.40. The van der Waals surface area contributed by atoms with E-state index in [4.69, 9.17) is 0 Å². The summed E-state index contributed by atoms with van der Waals surface area (Å²) in [5.74, 6) is -0.340. The predicted octanol–water partition coefficient (Wildman–Crippen LogP) is 3.59. The molecule has 4 heteroatoms. The molecule has 0 saturated carbocycles. The number of amides is 1. The number of halogens is 1. The highest BCUT2D eigenvalue weighted by Gasteiger charge is 2.18. The van der Waals surface area contributed by atoms with Crippen LogP contribution in [-0.4, -0.2) is 23.9 Å². The molecule has 2 rings (SSSR count). The summed E-state index contributed by atoms with van der Waals surface area (Å²) in [6, 6.07) is 13.8. The Balaban J connectivity index is 1.97. The Morgan fingerprint density at radius 2 is 1.95 bits per heavy atom. The van der Waals surface area contributed by atoms with Crippen LogP contribution in [0.2, 0.25) is 0 Å². The Bertz CT molecular complexity index is 657. The van der Waals surface area contributed by atoms with Crippen molar-refractivity contribution in [2.75, 3.05) is 12.4 Å². The maximum atomic E-state index is 13.2. The zero-order valence-corrected chi connectivity index (χ0v) is 13.1. The Morgan fingerprint density at radius 3 is 2.64 bits per heavy atom. The molecule has 1 atom stereocenters. The number of carbonyl (C=O) groups excluding carboxylic acids is 1. The lowest BCUT2D eigenvalue weighted by Gasteiger charge is -2.24. The minimum absolute atomic E-state index is 0.0792. The summed E-state index contributed by atoms with van der Waals surface area (Å²) in [6.45, 7) is 4.33. The first-order valence-electron chi connectivity index (χ1n) is 7.28. The molecule has 0 fully saturated rings. The number of nitrogens with one attached hydrogen (secondary N) is 1. The van der Waals surface area contributed by atoms with Gasteiger partial charge in [0.05, 0.1) is 6.04 Å². The van der Waals surface area contributed by atoms with Crippen LogP contribution in [0.15, 0.2) is 48.5 Å². The molecule has 0 heterocycles. The average Bonchev–Trinajstić information content (AvgIpc) is 2.46. The third-order valence-electron chi connectivity index (χ3n) is 3.65. The highest BCUT2D eigenvalue weighted by molar-refractivity contribution is 5.94. The smallest absolute Gasteiger partial charge is 0.241 e. The number of rotatable bonds is 5. The molecule has 1 amide bonds. The highest BCUT2D eigenvalue weighted by atomic mass is 19.1. The van der Waals surface area contributed by atoms with Gasteiger partial charge in [-0.2, -0.15) is 0 Å². The molecule has 22 heavy (non-hydrogen) atoms. The van der Waals surface area contributed by atoms with E-state index in [1.807, 2.05) is 56.1 Å². The van der Waals surface area contributed by atoms with Crippen molar-refractivity contribution in [2.45, 2.75) is 26.4 Å². The van der Waals surface area contributed by atoms with Crippen LogP contribution in [-0.2, 0) is 11.3 Å². The van der Waals surface area contributed by atoms with E-state index in [9.17, 15) is 9.18 Å². The quantitative estimate of drug-likeness (QED) is 0.915. The van der Waals surface area contributed by atoms with E-state index in [2.05, 4.69) is 5.32 Å². The van der Waals surface area contributed by atoms with Crippen molar-refractivity contribution in [1.82, 2.24) is 4.90 Å². The van der Waals surface area contributed by atoms with E-state index < -0.39 is 0 Å². The number of anilines is 1. The van der Waals surface area contributed by atoms with Crippen molar-refractivity contribution in [2.24, 2.45) is 0 Å². The molecule has 2 aromatic rings. The van der Waals surface area contributed by atoms with Crippen molar-refractivity contribution >= 4 is 11.6 Å².